The normalized spacial score (nSPS) is 19.5. The second-order valence-corrected chi connectivity index (χ2v) is 5.93. The highest BCUT2D eigenvalue weighted by Gasteiger charge is 2.25. The van der Waals surface area contributed by atoms with E-state index in [1.54, 1.807) is 0 Å². The number of fused-ring (bicyclic) bond motifs is 1. The Labute approximate surface area is 114 Å². The van der Waals surface area contributed by atoms with Gasteiger partial charge in [0.15, 0.2) is 0 Å². The highest BCUT2D eigenvalue weighted by molar-refractivity contribution is 5.89. The molecule has 1 atom stereocenters. The molecule has 2 aromatic rings. The molecule has 0 bridgehead atoms. The van der Waals surface area contributed by atoms with Gasteiger partial charge in [-0.25, -0.2) is 0 Å². The van der Waals surface area contributed by atoms with Crippen molar-refractivity contribution in [1.29, 1.82) is 0 Å². The van der Waals surface area contributed by atoms with Crippen LogP contribution in [0.5, 0.6) is 0 Å². The molecule has 1 aromatic carbocycles. The first-order chi connectivity index (χ1) is 9.08. The van der Waals surface area contributed by atoms with E-state index in [0.29, 0.717) is 5.78 Å². The highest BCUT2D eigenvalue weighted by atomic mass is 16.1. The lowest BCUT2D eigenvalue weighted by molar-refractivity contribution is -0.120. The minimum absolute atomic E-state index is 0.257. The summed E-state index contributed by atoms with van der Waals surface area (Å²) in [5.41, 5.74) is 5.34. The summed E-state index contributed by atoms with van der Waals surface area (Å²) in [7, 11) is 2.11. The van der Waals surface area contributed by atoms with Crippen molar-refractivity contribution < 1.29 is 4.79 Å². The molecule has 0 amide bonds. The van der Waals surface area contributed by atoms with Gasteiger partial charge in [0.25, 0.3) is 0 Å². The van der Waals surface area contributed by atoms with Gasteiger partial charge in [-0.2, -0.15) is 0 Å². The average molecular weight is 255 g/mol. The predicted molar refractivity (Wildman–Crippen MR) is 78.4 cm³/mol. The van der Waals surface area contributed by atoms with Crippen LogP contribution in [0.2, 0.25) is 0 Å². The minimum atomic E-state index is 0.257. The molecule has 0 spiro atoms. The molecule has 0 saturated heterocycles. The molecule has 2 nitrogen and oxygen atoms in total. The lowest BCUT2D eigenvalue weighted by Crippen LogP contribution is -2.09. The Kier molecular flexibility index (Phi) is 2.96. The second kappa shape index (κ2) is 4.52. The first-order valence-corrected chi connectivity index (χ1v) is 7.14. The third-order valence-electron chi connectivity index (χ3n) is 4.65. The summed E-state index contributed by atoms with van der Waals surface area (Å²) < 4.78 is 2.21. The van der Waals surface area contributed by atoms with Crippen LogP contribution in [0.1, 0.15) is 36.0 Å². The maximum Gasteiger partial charge on any atom is 0.136 e. The van der Waals surface area contributed by atoms with Crippen LogP contribution in [0.25, 0.3) is 10.9 Å². The van der Waals surface area contributed by atoms with Crippen LogP contribution in [0.3, 0.4) is 0 Å². The lowest BCUT2D eigenvalue weighted by atomic mass is 9.96. The van der Waals surface area contributed by atoms with Crippen molar-refractivity contribution in [3.8, 4) is 0 Å². The van der Waals surface area contributed by atoms with E-state index in [1.165, 1.54) is 27.6 Å². The van der Waals surface area contributed by atoms with Crippen LogP contribution in [0.4, 0.5) is 0 Å². The Bertz CT molecular complexity index is 651. The summed E-state index contributed by atoms with van der Waals surface area (Å²) >= 11 is 0. The van der Waals surface area contributed by atoms with E-state index < -0.39 is 0 Å². The number of Topliss-reactive ketones (excluding diaryl/α,β-unsaturated/α-hetero) is 1. The number of carbonyl (C=O) groups is 1. The number of benzene rings is 1. The number of carbonyl (C=O) groups excluding carboxylic acids is 1. The topological polar surface area (TPSA) is 22.0 Å². The number of ketones is 1. The maximum absolute atomic E-state index is 11.8. The Morgan fingerprint density at radius 3 is 2.79 bits per heavy atom. The van der Waals surface area contributed by atoms with Crippen molar-refractivity contribution >= 4 is 16.7 Å². The van der Waals surface area contributed by atoms with E-state index in [2.05, 4.69) is 43.8 Å². The summed E-state index contributed by atoms with van der Waals surface area (Å²) in [6, 6.07) is 4.41. The minimum Gasteiger partial charge on any atom is -0.350 e. The molecule has 1 aliphatic carbocycles. The van der Waals surface area contributed by atoms with Crippen LogP contribution in [0.15, 0.2) is 18.3 Å². The Balaban J connectivity index is 2.05. The molecule has 0 N–H and O–H groups in total. The van der Waals surface area contributed by atoms with Crippen LogP contribution < -0.4 is 0 Å². The first kappa shape index (κ1) is 12.5. The molecule has 2 heteroatoms. The van der Waals surface area contributed by atoms with Crippen LogP contribution in [0, 0.1) is 19.8 Å². The van der Waals surface area contributed by atoms with Crippen molar-refractivity contribution in [2.45, 2.75) is 39.5 Å². The standard InChI is InChI=1S/C17H21NO/c1-11-7-8-15-14(9-13-5-4-6-16(13)19)10-18(3)17(15)12(11)2/h7-8,10,13H,4-6,9H2,1-3H3. The molecule has 1 fully saturated rings. The highest BCUT2D eigenvalue weighted by Crippen LogP contribution is 2.31. The fraction of sp³-hybridized carbons (Fsp3) is 0.471. The van der Waals surface area contributed by atoms with Gasteiger partial charge < -0.3 is 4.57 Å². The van der Waals surface area contributed by atoms with Gasteiger partial charge in [0, 0.05) is 31.0 Å². The summed E-state index contributed by atoms with van der Waals surface area (Å²) in [6.45, 7) is 4.34. The Morgan fingerprint density at radius 1 is 1.32 bits per heavy atom. The summed E-state index contributed by atoms with van der Waals surface area (Å²) in [4.78, 5) is 11.8. The fourth-order valence-electron chi connectivity index (χ4n) is 3.41. The van der Waals surface area contributed by atoms with Crippen LogP contribution >= 0.6 is 0 Å². The molecule has 1 saturated carbocycles. The average Bonchev–Trinajstić information content (AvgIpc) is 2.90. The van der Waals surface area contributed by atoms with E-state index in [0.717, 1.165) is 25.7 Å². The largest absolute Gasteiger partial charge is 0.350 e. The molecule has 19 heavy (non-hydrogen) atoms. The van der Waals surface area contributed by atoms with Gasteiger partial charge in [0.05, 0.1) is 5.52 Å². The molecule has 0 aliphatic heterocycles. The Morgan fingerprint density at radius 2 is 2.11 bits per heavy atom. The predicted octanol–water partition coefficient (Wildman–Crippen LogP) is 3.71. The van der Waals surface area contributed by atoms with Crippen molar-refractivity contribution in [2.75, 3.05) is 0 Å². The second-order valence-electron chi connectivity index (χ2n) is 5.93. The van der Waals surface area contributed by atoms with E-state index >= 15 is 0 Å². The van der Waals surface area contributed by atoms with Crippen molar-refractivity contribution in [3.63, 3.8) is 0 Å². The number of hydrogen-bond donors (Lipinski definition) is 0. The zero-order valence-electron chi connectivity index (χ0n) is 12.0. The van der Waals surface area contributed by atoms with E-state index in [9.17, 15) is 4.79 Å². The number of aromatic nitrogens is 1. The van der Waals surface area contributed by atoms with Gasteiger partial charge >= 0.3 is 0 Å². The quantitative estimate of drug-likeness (QED) is 0.802. The molecular formula is C17H21NO. The first-order valence-electron chi connectivity index (χ1n) is 7.14. The molecule has 0 radical (unpaired) electrons. The van der Waals surface area contributed by atoms with E-state index in [1.807, 2.05) is 0 Å². The molecule has 1 aliphatic rings. The van der Waals surface area contributed by atoms with E-state index in [4.69, 9.17) is 0 Å². The molecule has 100 valence electrons. The summed E-state index contributed by atoms with van der Waals surface area (Å²) in [5, 5.41) is 1.32. The maximum atomic E-state index is 11.8. The third kappa shape index (κ3) is 1.99. The van der Waals surface area contributed by atoms with Crippen molar-refractivity contribution in [3.05, 3.63) is 35.0 Å². The van der Waals surface area contributed by atoms with Crippen molar-refractivity contribution in [2.24, 2.45) is 13.0 Å². The zero-order chi connectivity index (χ0) is 13.6. The Hall–Kier alpha value is -1.57. The van der Waals surface area contributed by atoms with Gasteiger partial charge in [-0.05, 0) is 49.8 Å². The smallest absolute Gasteiger partial charge is 0.136 e. The van der Waals surface area contributed by atoms with Gasteiger partial charge in [-0.15, -0.1) is 0 Å². The SMILES string of the molecule is Cc1ccc2c(CC3CCCC3=O)cn(C)c2c1C. The number of nitrogens with zero attached hydrogens (tertiary/aromatic N) is 1. The number of aryl methyl sites for hydroxylation is 3. The van der Waals surface area contributed by atoms with Crippen LogP contribution in [-0.2, 0) is 18.3 Å². The number of hydrogen-bond acceptors (Lipinski definition) is 1. The molecule has 1 heterocycles. The van der Waals surface area contributed by atoms with Crippen molar-refractivity contribution in [1.82, 2.24) is 4.57 Å². The van der Waals surface area contributed by atoms with E-state index in [-0.39, 0.29) is 5.92 Å². The summed E-state index contributed by atoms with van der Waals surface area (Å²) in [5.74, 6) is 0.716. The monoisotopic (exact) mass is 255 g/mol. The van der Waals surface area contributed by atoms with Crippen LogP contribution in [-0.4, -0.2) is 10.4 Å². The van der Waals surface area contributed by atoms with Gasteiger partial charge in [0.2, 0.25) is 0 Å². The fourth-order valence-corrected chi connectivity index (χ4v) is 3.41. The molecule has 3 rings (SSSR count). The van der Waals surface area contributed by atoms with Gasteiger partial charge in [0.1, 0.15) is 5.78 Å². The van der Waals surface area contributed by atoms with Gasteiger partial charge in [-0.1, -0.05) is 12.1 Å². The third-order valence-corrected chi connectivity index (χ3v) is 4.65. The zero-order valence-corrected chi connectivity index (χ0v) is 12.0. The van der Waals surface area contributed by atoms with Gasteiger partial charge in [-0.3, -0.25) is 4.79 Å². The lowest BCUT2D eigenvalue weighted by Gasteiger charge is -2.07. The number of rotatable bonds is 2. The molecular weight excluding hydrogens is 234 g/mol. The summed E-state index contributed by atoms with van der Waals surface area (Å²) in [6.07, 6.45) is 6.06. The molecule has 1 aromatic heterocycles. The molecule has 1 unspecified atom stereocenters.